The van der Waals surface area contributed by atoms with Crippen LogP contribution in [0.1, 0.15) is 19.3 Å². The van der Waals surface area contributed by atoms with Crippen molar-refractivity contribution in [1.82, 2.24) is 10.2 Å². The van der Waals surface area contributed by atoms with Gasteiger partial charge in [0.15, 0.2) is 0 Å². The van der Waals surface area contributed by atoms with Gasteiger partial charge in [0.1, 0.15) is 0 Å². The molecule has 2 aliphatic heterocycles. The van der Waals surface area contributed by atoms with Crippen molar-refractivity contribution in [2.24, 2.45) is 5.92 Å². The summed E-state index contributed by atoms with van der Waals surface area (Å²) in [6, 6.07) is 0.553. The number of hydrogen-bond donors (Lipinski definition) is 1. The maximum Gasteiger partial charge on any atom is 0.226 e. The molecule has 2 heterocycles. The molecular weight excluding hydrogens is 176 g/mol. The van der Waals surface area contributed by atoms with Crippen LogP contribution in [0.2, 0.25) is 0 Å². The lowest BCUT2D eigenvalue weighted by molar-refractivity contribution is -0.129. The highest BCUT2D eigenvalue weighted by molar-refractivity contribution is 5.78. The SMILES string of the molecule is C=CCC(=O)N1C[C@@H]2CCCN[C@@H]2C1. The summed E-state index contributed by atoms with van der Waals surface area (Å²) in [5, 5.41) is 3.49. The van der Waals surface area contributed by atoms with Crippen LogP contribution in [0.15, 0.2) is 12.7 Å². The Balaban J connectivity index is 1.92. The Morgan fingerprint density at radius 1 is 1.57 bits per heavy atom. The van der Waals surface area contributed by atoms with E-state index in [-0.39, 0.29) is 5.91 Å². The third-order valence-corrected chi connectivity index (χ3v) is 3.27. The smallest absolute Gasteiger partial charge is 0.226 e. The summed E-state index contributed by atoms with van der Waals surface area (Å²) >= 11 is 0. The van der Waals surface area contributed by atoms with Crippen molar-refractivity contribution in [3.63, 3.8) is 0 Å². The topological polar surface area (TPSA) is 32.3 Å². The highest BCUT2D eigenvalue weighted by atomic mass is 16.2. The molecule has 0 aromatic heterocycles. The Labute approximate surface area is 85.2 Å². The number of amides is 1. The molecule has 0 aromatic rings. The van der Waals surface area contributed by atoms with Gasteiger partial charge in [0.25, 0.3) is 0 Å². The second-order valence-corrected chi connectivity index (χ2v) is 4.25. The average molecular weight is 194 g/mol. The molecule has 78 valence electrons. The average Bonchev–Trinajstić information content (AvgIpc) is 2.61. The zero-order valence-corrected chi connectivity index (χ0v) is 8.54. The number of nitrogens with zero attached hydrogens (tertiary/aromatic N) is 1. The zero-order valence-electron chi connectivity index (χ0n) is 8.54. The maximum atomic E-state index is 11.6. The Bertz CT molecular complexity index is 225. The van der Waals surface area contributed by atoms with E-state index in [4.69, 9.17) is 0 Å². The first-order valence-corrected chi connectivity index (χ1v) is 5.43. The minimum absolute atomic E-state index is 0.233. The molecule has 0 aromatic carbocycles. The molecule has 2 saturated heterocycles. The normalized spacial score (nSPS) is 31.3. The van der Waals surface area contributed by atoms with Gasteiger partial charge in [-0.15, -0.1) is 6.58 Å². The predicted molar refractivity (Wildman–Crippen MR) is 55.9 cm³/mol. The van der Waals surface area contributed by atoms with Gasteiger partial charge < -0.3 is 10.2 Å². The summed E-state index contributed by atoms with van der Waals surface area (Å²) in [6.45, 7) is 6.56. The Hall–Kier alpha value is -0.830. The molecule has 0 saturated carbocycles. The third kappa shape index (κ3) is 1.82. The Morgan fingerprint density at radius 3 is 3.14 bits per heavy atom. The molecule has 0 radical (unpaired) electrons. The molecule has 2 rings (SSSR count). The summed E-state index contributed by atoms with van der Waals surface area (Å²) < 4.78 is 0. The van der Waals surface area contributed by atoms with Crippen LogP contribution in [-0.4, -0.2) is 36.5 Å². The van der Waals surface area contributed by atoms with Crippen LogP contribution in [0.3, 0.4) is 0 Å². The van der Waals surface area contributed by atoms with Crippen LogP contribution in [0.4, 0.5) is 0 Å². The second-order valence-electron chi connectivity index (χ2n) is 4.25. The van der Waals surface area contributed by atoms with E-state index in [0.29, 0.717) is 18.4 Å². The fourth-order valence-electron chi connectivity index (χ4n) is 2.50. The number of likely N-dealkylation sites (tertiary alicyclic amines) is 1. The van der Waals surface area contributed by atoms with Gasteiger partial charge in [0, 0.05) is 25.6 Å². The predicted octanol–water partition coefficient (Wildman–Crippen LogP) is 0.773. The number of nitrogens with one attached hydrogen (secondary N) is 1. The van der Waals surface area contributed by atoms with Crippen LogP contribution < -0.4 is 5.32 Å². The first-order valence-electron chi connectivity index (χ1n) is 5.43. The van der Waals surface area contributed by atoms with Gasteiger partial charge in [-0.2, -0.15) is 0 Å². The fraction of sp³-hybridized carbons (Fsp3) is 0.727. The molecule has 1 N–H and O–H groups in total. The monoisotopic (exact) mass is 194 g/mol. The van der Waals surface area contributed by atoms with Gasteiger partial charge in [0.05, 0.1) is 0 Å². The van der Waals surface area contributed by atoms with E-state index in [2.05, 4.69) is 11.9 Å². The first-order chi connectivity index (χ1) is 6.81. The number of piperidine rings is 1. The molecule has 0 aliphatic carbocycles. The van der Waals surface area contributed by atoms with E-state index in [1.54, 1.807) is 6.08 Å². The fourth-order valence-corrected chi connectivity index (χ4v) is 2.50. The quantitative estimate of drug-likeness (QED) is 0.659. The maximum absolute atomic E-state index is 11.6. The van der Waals surface area contributed by atoms with Crippen LogP contribution in [0.25, 0.3) is 0 Å². The molecule has 2 atom stereocenters. The number of fused-ring (bicyclic) bond motifs is 1. The van der Waals surface area contributed by atoms with E-state index >= 15 is 0 Å². The van der Waals surface area contributed by atoms with Crippen molar-refractivity contribution >= 4 is 5.91 Å². The minimum atomic E-state index is 0.233. The lowest BCUT2D eigenvalue weighted by Gasteiger charge is -2.24. The Morgan fingerprint density at radius 2 is 2.43 bits per heavy atom. The van der Waals surface area contributed by atoms with Gasteiger partial charge in [-0.25, -0.2) is 0 Å². The third-order valence-electron chi connectivity index (χ3n) is 3.27. The van der Waals surface area contributed by atoms with Crippen molar-refractivity contribution in [2.75, 3.05) is 19.6 Å². The highest BCUT2D eigenvalue weighted by Gasteiger charge is 2.35. The minimum Gasteiger partial charge on any atom is -0.341 e. The van der Waals surface area contributed by atoms with E-state index in [9.17, 15) is 4.79 Å². The summed E-state index contributed by atoms with van der Waals surface area (Å²) in [5.41, 5.74) is 0. The molecule has 0 spiro atoms. The summed E-state index contributed by atoms with van der Waals surface area (Å²) in [5.74, 6) is 0.925. The summed E-state index contributed by atoms with van der Waals surface area (Å²) in [6.07, 6.45) is 4.71. The van der Waals surface area contributed by atoms with Gasteiger partial charge >= 0.3 is 0 Å². The van der Waals surface area contributed by atoms with Crippen molar-refractivity contribution in [3.05, 3.63) is 12.7 Å². The molecular formula is C11H18N2O. The largest absolute Gasteiger partial charge is 0.341 e. The van der Waals surface area contributed by atoms with Crippen LogP contribution in [-0.2, 0) is 4.79 Å². The number of carbonyl (C=O) groups is 1. The number of rotatable bonds is 2. The zero-order chi connectivity index (χ0) is 9.97. The number of hydrogen-bond acceptors (Lipinski definition) is 2. The van der Waals surface area contributed by atoms with Gasteiger partial charge in [-0.05, 0) is 25.3 Å². The Kier molecular flexibility index (Phi) is 2.87. The molecule has 2 fully saturated rings. The first kappa shape index (κ1) is 9.71. The van der Waals surface area contributed by atoms with E-state index in [1.807, 2.05) is 4.90 Å². The van der Waals surface area contributed by atoms with Crippen molar-refractivity contribution in [3.8, 4) is 0 Å². The molecule has 2 aliphatic rings. The van der Waals surface area contributed by atoms with Crippen molar-refractivity contribution < 1.29 is 4.79 Å². The molecule has 3 nitrogen and oxygen atoms in total. The second kappa shape index (κ2) is 4.13. The van der Waals surface area contributed by atoms with Crippen molar-refractivity contribution in [1.29, 1.82) is 0 Å². The molecule has 3 heteroatoms. The number of carbonyl (C=O) groups excluding carboxylic acids is 1. The van der Waals surface area contributed by atoms with E-state index in [0.717, 1.165) is 19.6 Å². The lowest BCUT2D eigenvalue weighted by atomic mass is 9.94. The van der Waals surface area contributed by atoms with Gasteiger partial charge in [0.2, 0.25) is 5.91 Å². The van der Waals surface area contributed by atoms with Crippen molar-refractivity contribution in [2.45, 2.75) is 25.3 Å². The van der Waals surface area contributed by atoms with Gasteiger partial charge in [-0.3, -0.25) is 4.79 Å². The summed E-state index contributed by atoms with van der Waals surface area (Å²) in [4.78, 5) is 13.6. The molecule has 14 heavy (non-hydrogen) atoms. The molecule has 0 bridgehead atoms. The van der Waals surface area contributed by atoms with E-state index in [1.165, 1.54) is 12.8 Å². The standard InChI is InChI=1S/C11H18N2O/c1-2-4-11(14)13-7-9-5-3-6-12-10(9)8-13/h2,9-10,12H,1,3-8H2/t9-,10+/m0/s1. The molecule has 1 amide bonds. The molecule has 0 unspecified atom stereocenters. The van der Waals surface area contributed by atoms with Crippen LogP contribution in [0, 0.1) is 5.92 Å². The van der Waals surface area contributed by atoms with Crippen LogP contribution >= 0.6 is 0 Å². The van der Waals surface area contributed by atoms with E-state index < -0.39 is 0 Å². The highest BCUT2D eigenvalue weighted by Crippen LogP contribution is 2.25. The lowest BCUT2D eigenvalue weighted by Crippen LogP contribution is -2.41. The van der Waals surface area contributed by atoms with Crippen LogP contribution in [0.5, 0.6) is 0 Å². The van der Waals surface area contributed by atoms with Gasteiger partial charge in [-0.1, -0.05) is 6.08 Å². The summed E-state index contributed by atoms with van der Waals surface area (Å²) in [7, 11) is 0.